The first-order valence-electron chi connectivity index (χ1n) is 16.3. The minimum atomic E-state index is -0.873. The first kappa shape index (κ1) is 32.0. The maximum Gasteiger partial charge on any atom is 0.409 e. The van der Waals surface area contributed by atoms with Crippen molar-refractivity contribution < 1.29 is 29.0 Å². The zero-order valence-corrected chi connectivity index (χ0v) is 26.5. The number of aliphatic carboxylic acids is 1. The quantitative estimate of drug-likeness (QED) is 0.302. The molecule has 3 aromatic rings. The number of rotatable bonds is 11. The number of carbonyl (C=O) groups is 4. The molecule has 3 heterocycles. The Bertz CT molecular complexity index is 1580. The number of anilines is 1. The molecule has 1 saturated carbocycles. The summed E-state index contributed by atoms with van der Waals surface area (Å²) in [4.78, 5) is 66.5. The number of amides is 3. The fraction of sp³-hybridized carbons (Fsp3) is 0.429. The highest BCUT2D eigenvalue weighted by Gasteiger charge is 2.60. The van der Waals surface area contributed by atoms with E-state index in [0.29, 0.717) is 57.5 Å². The average Bonchev–Trinajstić information content (AvgIpc) is 3.62. The van der Waals surface area contributed by atoms with Gasteiger partial charge in [0.2, 0.25) is 5.91 Å². The SMILES string of the molecule is CCCCOC(=O)N1CCN(C(=O)[C@H](Cc2ccccc2)NC(=O)c2cc(N3C[C@@H]4C(C(=O)O)[C@@H]4C3)nc(-c3ccccc3)n2)CC1. The third kappa shape index (κ3) is 7.37. The maximum absolute atomic E-state index is 13.9. The highest BCUT2D eigenvalue weighted by molar-refractivity contribution is 5.97. The number of unbranched alkanes of at least 4 members (excludes halogenated alkanes) is 1. The van der Waals surface area contributed by atoms with Gasteiger partial charge in [-0.15, -0.1) is 0 Å². The van der Waals surface area contributed by atoms with Crippen LogP contribution in [0.15, 0.2) is 66.7 Å². The van der Waals surface area contributed by atoms with Crippen LogP contribution in [-0.2, 0) is 20.7 Å². The van der Waals surface area contributed by atoms with Crippen LogP contribution >= 0.6 is 0 Å². The molecule has 1 aliphatic carbocycles. The molecule has 2 N–H and O–H groups in total. The summed E-state index contributed by atoms with van der Waals surface area (Å²) in [5.41, 5.74) is 1.75. The van der Waals surface area contributed by atoms with E-state index in [4.69, 9.17) is 9.72 Å². The van der Waals surface area contributed by atoms with Gasteiger partial charge in [-0.1, -0.05) is 74.0 Å². The third-order valence-electron chi connectivity index (χ3n) is 9.24. The smallest absolute Gasteiger partial charge is 0.409 e. The van der Waals surface area contributed by atoms with Crippen LogP contribution in [0.5, 0.6) is 0 Å². The number of piperazine rings is 1. The van der Waals surface area contributed by atoms with Crippen LogP contribution in [0.1, 0.15) is 35.8 Å². The molecule has 3 amide bonds. The van der Waals surface area contributed by atoms with Crippen LogP contribution in [0, 0.1) is 17.8 Å². The number of carbonyl (C=O) groups excluding carboxylic acids is 3. The van der Waals surface area contributed by atoms with Gasteiger partial charge in [0.1, 0.15) is 17.6 Å². The van der Waals surface area contributed by atoms with Gasteiger partial charge in [0.05, 0.1) is 12.5 Å². The van der Waals surface area contributed by atoms with Gasteiger partial charge in [0.25, 0.3) is 5.91 Å². The zero-order chi connectivity index (χ0) is 32.9. The number of fused-ring (bicyclic) bond motifs is 1. The predicted molar refractivity (Wildman–Crippen MR) is 174 cm³/mol. The van der Waals surface area contributed by atoms with Gasteiger partial charge in [-0.3, -0.25) is 14.4 Å². The lowest BCUT2D eigenvalue weighted by molar-refractivity contribution is -0.139. The van der Waals surface area contributed by atoms with Crippen LogP contribution in [0.4, 0.5) is 10.6 Å². The largest absolute Gasteiger partial charge is 0.481 e. The van der Waals surface area contributed by atoms with E-state index in [0.717, 1.165) is 24.0 Å². The first-order chi connectivity index (χ1) is 22.8. The van der Waals surface area contributed by atoms with Crippen molar-refractivity contribution in [1.29, 1.82) is 0 Å². The molecule has 0 spiro atoms. The van der Waals surface area contributed by atoms with Crippen molar-refractivity contribution in [2.45, 2.75) is 32.2 Å². The van der Waals surface area contributed by atoms with Gasteiger partial charge in [0.15, 0.2) is 5.82 Å². The number of ether oxygens (including phenoxy) is 1. The van der Waals surface area contributed by atoms with Gasteiger partial charge in [-0.25, -0.2) is 14.8 Å². The summed E-state index contributed by atoms with van der Waals surface area (Å²) in [6.07, 6.45) is 1.64. The van der Waals surface area contributed by atoms with E-state index >= 15 is 0 Å². The van der Waals surface area contributed by atoms with Crippen molar-refractivity contribution in [3.63, 3.8) is 0 Å². The number of nitrogens with zero attached hydrogens (tertiary/aromatic N) is 5. The molecule has 3 fully saturated rings. The van der Waals surface area contributed by atoms with E-state index in [1.807, 2.05) is 72.5 Å². The Morgan fingerprint density at radius 3 is 2.19 bits per heavy atom. The van der Waals surface area contributed by atoms with E-state index < -0.39 is 17.9 Å². The molecular formula is C35H40N6O6. The standard InChI is InChI=1S/C35H40N6O6/c1-2-3-18-47-35(46)40-16-14-39(15-17-40)33(43)28(19-23-10-6-4-7-11-23)37-32(42)27-20-29(38-31(36-27)24-12-8-5-9-13-24)41-21-25-26(22-41)30(25)34(44)45/h4-13,20,25-26,28,30H,2-3,14-19,21-22H2,1H3,(H,37,42)(H,44,45)/t25-,26+,28-,30?/m0/s1. The summed E-state index contributed by atoms with van der Waals surface area (Å²) >= 11 is 0. The highest BCUT2D eigenvalue weighted by Crippen LogP contribution is 2.52. The fourth-order valence-electron chi connectivity index (χ4n) is 6.52. The Kier molecular flexibility index (Phi) is 9.65. The molecule has 12 nitrogen and oxygen atoms in total. The summed E-state index contributed by atoms with van der Waals surface area (Å²) in [7, 11) is 0. The third-order valence-corrected chi connectivity index (χ3v) is 9.24. The van der Waals surface area contributed by atoms with Gasteiger partial charge in [-0.2, -0.15) is 0 Å². The van der Waals surface area contributed by atoms with Crippen molar-refractivity contribution in [2.24, 2.45) is 17.8 Å². The number of nitrogens with one attached hydrogen (secondary N) is 1. The molecule has 2 saturated heterocycles. The lowest BCUT2D eigenvalue weighted by Crippen LogP contribution is -2.56. The van der Waals surface area contributed by atoms with Crippen LogP contribution in [-0.4, -0.2) is 101 Å². The van der Waals surface area contributed by atoms with Gasteiger partial charge >= 0.3 is 12.1 Å². The summed E-state index contributed by atoms with van der Waals surface area (Å²) in [5, 5.41) is 12.4. The lowest BCUT2D eigenvalue weighted by Gasteiger charge is -2.36. The minimum absolute atomic E-state index is 0.0615. The van der Waals surface area contributed by atoms with E-state index in [-0.39, 0.29) is 41.9 Å². The number of hydrogen-bond donors (Lipinski definition) is 2. The van der Waals surface area contributed by atoms with E-state index in [9.17, 15) is 24.3 Å². The zero-order valence-electron chi connectivity index (χ0n) is 26.5. The second-order valence-corrected chi connectivity index (χ2v) is 12.4. The van der Waals surface area contributed by atoms with Crippen LogP contribution in [0.25, 0.3) is 11.4 Å². The molecule has 0 bridgehead atoms. The molecule has 0 radical (unpaired) electrons. The molecule has 3 aliphatic rings. The molecule has 246 valence electrons. The second-order valence-electron chi connectivity index (χ2n) is 12.4. The van der Waals surface area contributed by atoms with Crippen molar-refractivity contribution in [3.05, 3.63) is 78.0 Å². The molecule has 12 heteroatoms. The molecule has 2 aromatic carbocycles. The summed E-state index contributed by atoms with van der Waals surface area (Å²) in [6.45, 7) is 4.83. The van der Waals surface area contributed by atoms with Crippen LogP contribution < -0.4 is 10.2 Å². The van der Waals surface area contributed by atoms with Gasteiger partial charge in [0, 0.05) is 57.3 Å². The lowest BCUT2D eigenvalue weighted by atomic mass is 10.0. The molecule has 47 heavy (non-hydrogen) atoms. The normalized spacial score (nSPS) is 20.7. The Hall–Kier alpha value is -5.00. The van der Waals surface area contributed by atoms with Crippen molar-refractivity contribution in [1.82, 2.24) is 25.1 Å². The Morgan fingerprint density at radius 2 is 1.55 bits per heavy atom. The van der Waals surface area contributed by atoms with E-state index in [1.165, 1.54) is 0 Å². The second kappa shape index (κ2) is 14.2. The molecule has 1 unspecified atom stereocenters. The number of aromatic nitrogens is 2. The topological polar surface area (TPSA) is 145 Å². The number of piperidine rings is 1. The molecular weight excluding hydrogens is 600 g/mol. The van der Waals surface area contributed by atoms with Crippen molar-refractivity contribution >= 4 is 29.7 Å². The number of benzene rings is 2. The molecule has 2 aliphatic heterocycles. The summed E-state index contributed by atoms with van der Waals surface area (Å²) in [6, 6.07) is 19.6. The van der Waals surface area contributed by atoms with Gasteiger partial charge < -0.3 is 29.9 Å². The van der Waals surface area contributed by atoms with Crippen molar-refractivity contribution in [2.75, 3.05) is 50.8 Å². The van der Waals surface area contributed by atoms with Crippen LogP contribution in [0.3, 0.4) is 0 Å². The maximum atomic E-state index is 13.9. The number of carboxylic acid groups (broad SMARTS) is 1. The number of hydrogen-bond acceptors (Lipinski definition) is 8. The fourth-order valence-corrected chi connectivity index (χ4v) is 6.52. The minimum Gasteiger partial charge on any atom is -0.481 e. The summed E-state index contributed by atoms with van der Waals surface area (Å²) < 4.78 is 5.34. The van der Waals surface area contributed by atoms with Crippen molar-refractivity contribution in [3.8, 4) is 11.4 Å². The van der Waals surface area contributed by atoms with Crippen LogP contribution in [0.2, 0.25) is 0 Å². The molecule has 1 aromatic heterocycles. The molecule has 6 rings (SSSR count). The first-order valence-corrected chi connectivity index (χ1v) is 16.3. The molecule has 4 atom stereocenters. The summed E-state index contributed by atoms with van der Waals surface area (Å²) in [5.74, 6) is -0.802. The predicted octanol–water partition coefficient (Wildman–Crippen LogP) is 3.33. The monoisotopic (exact) mass is 640 g/mol. The Morgan fingerprint density at radius 1 is 0.915 bits per heavy atom. The highest BCUT2D eigenvalue weighted by atomic mass is 16.6. The Labute approximate surface area is 273 Å². The van der Waals surface area contributed by atoms with E-state index in [2.05, 4.69) is 10.3 Å². The number of carboxylic acids is 1. The van der Waals surface area contributed by atoms with E-state index in [1.54, 1.807) is 15.9 Å². The average molecular weight is 641 g/mol. The Balaban J connectivity index is 1.20. The van der Waals surface area contributed by atoms with Gasteiger partial charge in [-0.05, 0) is 23.8 Å².